The Morgan fingerprint density at radius 2 is 2.00 bits per heavy atom. The van der Waals surface area contributed by atoms with E-state index in [4.69, 9.17) is 0 Å². The highest BCUT2D eigenvalue weighted by Crippen LogP contribution is 2.25. The van der Waals surface area contributed by atoms with Crippen LogP contribution in [-0.4, -0.2) is 10.9 Å². The Bertz CT molecular complexity index is 792. The number of thiophene rings is 1. The predicted molar refractivity (Wildman–Crippen MR) is 89.5 cm³/mol. The SMILES string of the molecule is O=C(/C=C/c1cccs1)Nc1nc(-c2ccc(F)cc2)cs1. The first kappa shape index (κ1) is 14.6. The standard InChI is InChI=1S/C16H11FN2OS2/c17-12-5-3-11(4-6-12)14-10-22-16(18-14)19-15(20)8-7-13-2-1-9-21-13/h1-10H,(H,18,19,20)/b8-7+. The molecule has 1 aromatic carbocycles. The molecule has 6 heteroatoms. The minimum Gasteiger partial charge on any atom is -0.298 e. The van der Waals surface area contributed by atoms with Gasteiger partial charge >= 0.3 is 0 Å². The molecule has 2 heterocycles. The van der Waals surface area contributed by atoms with Gasteiger partial charge in [-0.1, -0.05) is 6.07 Å². The van der Waals surface area contributed by atoms with E-state index in [-0.39, 0.29) is 11.7 Å². The molecule has 3 aromatic rings. The smallest absolute Gasteiger partial charge is 0.250 e. The van der Waals surface area contributed by atoms with Crippen molar-refractivity contribution in [1.82, 2.24) is 4.98 Å². The predicted octanol–water partition coefficient (Wildman–Crippen LogP) is 4.66. The van der Waals surface area contributed by atoms with Gasteiger partial charge in [-0.2, -0.15) is 0 Å². The molecule has 0 aliphatic rings. The molecule has 0 atom stereocenters. The van der Waals surface area contributed by atoms with Gasteiger partial charge in [0.2, 0.25) is 5.91 Å². The number of rotatable bonds is 4. The molecule has 110 valence electrons. The largest absolute Gasteiger partial charge is 0.298 e. The summed E-state index contributed by atoms with van der Waals surface area (Å²) in [5.74, 6) is -0.514. The fourth-order valence-electron chi connectivity index (χ4n) is 1.78. The molecular formula is C16H11FN2OS2. The van der Waals surface area contributed by atoms with E-state index < -0.39 is 0 Å². The lowest BCUT2D eigenvalue weighted by molar-refractivity contribution is -0.111. The average Bonchev–Trinajstić information content (AvgIpc) is 3.17. The molecule has 22 heavy (non-hydrogen) atoms. The van der Waals surface area contributed by atoms with Crippen LogP contribution in [0.15, 0.2) is 53.2 Å². The van der Waals surface area contributed by atoms with Gasteiger partial charge in [0.05, 0.1) is 5.69 Å². The summed E-state index contributed by atoms with van der Waals surface area (Å²) < 4.78 is 12.9. The quantitative estimate of drug-likeness (QED) is 0.707. The molecule has 0 aliphatic carbocycles. The topological polar surface area (TPSA) is 42.0 Å². The fraction of sp³-hybridized carbons (Fsp3) is 0. The second-order valence-electron chi connectivity index (χ2n) is 4.38. The number of anilines is 1. The van der Waals surface area contributed by atoms with Gasteiger partial charge in [-0.15, -0.1) is 22.7 Å². The number of carbonyl (C=O) groups is 1. The summed E-state index contributed by atoms with van der Waals surface area (Å²) in [6, 6.07) is 9.95. The molecule has 3 rings (SSSR count). The van der Waals surface area contributed by atoms with Crippen molar-refractivity contribution < 1.29 is 9.18 Å². The molecule has 0 bridgehead atoms. The molecule has 0 radical (unpaired) electrons. The average molecular weight is 330 g/mol. The second kappa shape index (κ2) is 6.64. The Labute approximate surface area is 134 Å². The monoisotopic (exact) mass is 330 g/mol. The lowest BCUT2D eigenvalue weighted by Gasteiger charge is -1.97. The molecule has 0 saturated heterocycles. The van der Waals surface area contributed by atoms with Crippen LogP contribution in [0.4, 0.5) is 9.52 Å². The highest BCUT2D eigenvalue weighted by atomic mass is 32.1. The molecule has 3 nitrogen and oxygen atoms in total. The van der Waals surface area contributed by atoms with Crippen molar-refractivity contribution in [2.75, 3.05) is 5.32 Å². The number of nitrogens with zero attached hydrogens (tertiary/aromatic N) is 1. The number of aromatic nitrogens is 1. The first-order valence-corrected chi connectivity index (χ1v) is 8.21. The zero-order valence-electron chi connectivity index (χ0n) is 11.3. The van der Waals surface area contributed by atoms with Crippen molar-refractivity contribution in [3.63, 3.8) is 0 Å². The van der Waals surface area contributed by atoms with Crippen LogP contribution in [0, 0.1) is 5.82 Å². The van der Waals surface area contributed by atoms with Crippen LogP contribution in [0.3, 0.4) is 0 Å². The summed E-state index contributed by atoms with van der Waals surface area (Å²) in [4.78, 5) is 17.2. The lowest BCUT2D eigenvalue weighted by Crippen LogP contribution is -2.07. The number of nitrogens with one attached hydrogen (secondary N) is 1. The third-order valence-electron chi connectivity index (χ3n) is 2.82. The molecular weight excluding hydrogens is 319 g/mol. The molecule has 0 aliphatic heterocycles. The normalized spacial score (nSPS) is 11.0. The molecule has 0 unspecified atom stereocenters. The van der Waals surface area contributed by atoms with E-state index in [0.717, 1.165) is 10.4 Å². The maximum absolute atomic E-state index is 12.9. The lowest BCUT2D eigenvalue weighted by atomic mass is 10.2. The minimum absolute atomic E-state index is 0.228. The summed E-state index contributed by atoms with van der Waals surface area (Å²) in [6.07, 6.45) is 3.24. The van der Waals surface area contributed by atoms with E-state index in [1.165, 1.54) is 29.5 Å². The Morgan fingerprint density at radius 3 is 2.73 bits per heavy atom. The first-order chi connectivity index (χ1) is 10.7. The summed E-state index contributed by atoms with van der Waals surface area (Å²) in [6.45, 7) is 0. The van der Waals surface area contributed by atoms with Crippen molar-refractivity contribution in [1.29, 1.82) is 0 Å². The van der Waals surface area contributed by atoms with Gasteiger partial charge in [-0.3, -0.25) is 10.1 Å². The van der Waals surface area contributed by atoms with Crippen LogP contribution in [0.25, 0.3) is 17.3 Å². The third-order valence-corrected chi connectivity index (χ3v) is 4.41. The van der Waals surface area contributed by atoms with E-state index >= 15 is 0 Å². The van der Waals surface area contributed by atoms with Crippen LogP contribution in [-0.2, 0) is 4.79 Å². The number of hydrogen-bond acceptors (Lipinski definition) is 4. The zero-order valence-corrected chi connectivity index (χ0v) is 13.0. The number of carbonyl (C=O) groups excluding carboxylic acids is 1. The van der Waals surface area contributed by atoms with Crippen molar-refractivity contribution in [2.45, 2.75) is 0 Å². The maximum atomic E-state index is 12.9. The number of benzene rings is 1. The van der Waals surface area contributed by atoms with Crippen LogP contribution in [0.5, 0.6) is 0 Å². The number of hydrogen-bond donors (Lipinski definition) is 1. The van der Waals surface area contributed by atoms with E-state index in [0.29, 0.717) is 10.8 Å². The highest BCUT2D eigenvalue weighted by Gasteiger charge is 2.06. The van der Waals surface area contributed by atoms with Crippen molar-refractivity contribution in [2.24, 2.45) is 0 Å². The van der Waals surface area contributed by atoms with Gasteiger partial charge in [0.25, 0.3) is 0 Å². The molecule has 1 N–H and O–H groups in total. The summed E-state index contributed by atoms with van der Waals surface area (Å²) in [7, 11) is 0. The van der Waals surface area contributed by atoms with Crippen LogP contribution < -0.4 is 5.32 Å². The fourth-order valence-corrected chi connectivity index (χ4v) is 3.12. The number of amides is 1. The Hall–Kier alpha value is -2.31. The minimum atomic E-state index is -0.286. The van der Waals surface area contributed by atoms with Crippen LogP contribution in [0.1, 0.15) is 4.88 Å². The van der Waals surface area contributed by atoms with Crippen molar-refractivity contribution in [3.8, 4) is 11.3 Å². The van der Waals surface area contributed by atoms with Crippen molar-refractivity contribution >= 4 is 39.8 Å². The van der Waals surface area contributed by atoms with E-state index in [9.17, 15) is 9.18 Å². The highest BCUT2D eigenvalue weighted by molar-refractivity contribution is 7.14. The van der Waals surface area contributed by atoms with Gasteiger partial charge in [-0.25, -0.2) is 9.37 Å². The van der Waals surface area contributed by atoms with Gasteiger partial charge < -0.3 is 0 Å². The second-order valence-corrected chi connectivity index (χ2v) is 6.22. The number of halogens is 1. The summed E-state index contributed by atoms with van der Waals surface area (Å²) in [5, 5.41) is 7.01. The summed E-state index contributed by atoms with van der Waals surface area (Å²) >= 11 is 2.90. The van der Waals surface area contributed by atoms with Crippen LogP contribution >= 0.6 is 22.7 Å². The van der Waals surface area contributed by atoms with Gasteiger partial charge in [0.1, 0.15) is 5.82 Å². The van der Waals surface area contributed by atoms with E-state index in [1.807, 2.05) is 22.9 Å². The van der Waals surface area contributed by atoms with E-state index in [1.54, 1.807) is 29.5 Å². The Balaban J connectivity index is 1.66. The van der Waals surface area contributed by atoms with Crippen LogP contribution in [0.2, 0.25) is 0 Å². The van der Waals surface area contributed by atoms with Crippen molar-refractivity contribution in [3.05, 3.63) is 63.9 Å². The van der Waals surface area contributed by atoms with E-state index in [2.05, 4.69) is 10.3 Å². The Kier molecular flexibility index (Phi) is 4.41. The summed E-state index contributed by atoms with van der Waals surface area (Å²) in [5.41, 5.74) is 1.52. The molecule has 1 amide bonds. The maximum Gasteiger partial charge on any atom is 0.250 e. The first-order valence-electron chi connectivity index (χ1n) is 6.45. The third kappa shape index (κ3) is 3.66. The molecule has 0 saturated carbocycles. The molecule has 2 aromatic heterocycles. The van der Waals surface area contributed by atoms with Gasteiger partial charge in [-0.05, 0) is 41.8 Å². The van der Waals surface area contributed by atoms with Gasteiger partial charge in [0.15, 0.2) is 5.13 Å². The molecule has 0 spiro atoms. The number of thiazole rings is 1. The Morgan fingerprint density at radius 1 is 1.18 bits per heavy atom. The zero-order chi connectivity index (χ0) is 15.4. The molecule has 0 fully saturated rings. The van der Waals surface area contributed by atoms with Gasteiger partial charge in [0, 0.05) is 21.9 Å².